The molecule has 0 radical (unpaired) electrons. The Morgan fingerprint density at radius 3 is 2.27 bits per heavy atom. The lowest BCUT2D eigenvalue weighted by Crippen LogP contribution is -2.39. The Hall–Kier alpha value is -2.89. The Kier molecular flexibility index (Phi) is 7.61. The molecule has 0 aliphatic carbocycles. The van der Waals surface area contributed by atoms with Gasteiger partial charge in [-0.05, 0) is 42.8 Å². The Morgan fingerprint density at radius 2 is 1.62 bits per heavy atom. The number of carbonyl (C=O) groups excluding carboxylic acids is 1. The molecule has 140 valence electrons. The first-order valence-corrected chi connectivity index (χ1v) is 8.51. The molecular weight excluding hydrogens is 334 g/mol. The Labute approximate surface area is 154 Å². The third kappa shape index (κ3) is 5.88. The molecule has 0 bridgehead atoms. The molecule has 1 N–H and O–H groups in total. The molecule has 0 saturated heterocycles. The summed E-state index contributed by atoms with van der Waals surface area (Å²) in [6, 6.07) is 14.5. The summed E-state index contributed by atoms with van der Waals surface area (Å²) in [5, 5.41) is 2.83. The van der Waals surface area contributed by atoms with Crippen LogP contribution in [0.5, 0.6) is 23.0 Å². The molecule has 0 heterocycles. The third-order valence-corrected chi connectivity index (χ3v) is 3.71. The fraction of sp³-hybridized carbons (Fsp3) is 0.350. The van der Waals surface area contributed by atoms with Crippen molar-refractivity contribution in [2.24, 2.45) is 0 Å². The van der Waals surface area contributed by atoms with Gasteiger partial charge in [-0.2, -0.15) is 0 Å². The second kappa shape index (κ2) is 10.2. The molecule has 2 rings (SSSR count). The number of nitrogens with one attached hydrogen (secondary N) is 1. The lowest BCUT2D eigenvalue weighted by atomic mass is 10.2. The maximum Gasteiger partial charge on any atom is 0.261 e. The van der Waals surface area contributed by atoms with Crippen molar-refractivity contribution in [3.8, 4) is 23.0 Å². The smallest absolute Gasteiger partial charge is 0.261 e. The van der Waals surface area contributed by atoms with Crippen LogP contribution in [0.15, 0.2) is 48.5 Å². The number of methoxy groups -OCH3 is 2. The molecule has 2 aromatic rings. The van der Waals surface area contributed by atoms with Gasteiger partial charge in [-0.1, -0.05) is 13.0 Å². The average Bonchev–Trinajstić information content (AvgIpc) is 2.69. The summed E-state index contributed by atoms with van der Waals surface area (Å²) in [7, 11) is 3.21. The molecule has 0 fully saturated rings. The molecule has 0 saturated carbocycles. The molecule has 0 unspecified atom stereocenters. The van der Waals surface area contributed by atoms with E-state index >= 15 is 0 Å². The van der Waals surface area contributed by atoms with Crippen molar-refractivity contribution in [2.75, 3.05) is 27.4 Å². The van der Waals surface area contributed by atoms with Crippen LogP contribution in [0.25, 0.3) is 0 Å². The number of amides is 1. The molecule has 0 spiro atoms. The van der Waals surface area contributed by atoms with E-state index in [1.807, 2.05) is 25.1 Å². The number of hydrogen-bond donors (Lipinski definition) is 1. The van der Waals surface area contributed by atoms with Crippen LogP contribution < -0.4 is 24.3 Å². The van der Waals surface area contributed by atoms with Crippen LogP contribution >= 0.6 is 0 Å². The van der Waals surface area contributed by atoms with E-state index in [0.717, 1.165) is 11.5 Å². The normalized spacial score (nSPS) is 11.3. The number of rotatable bonds is 10. The fourth-order valence-electron chi connectivity index (χ4n) is 2.29. The van der Waals surface area contributed by atoms with Crippen molar-refractivity contribution in [3.63, 3.8) is 0 Å². The SMILES string of the molecule is CC[C@H](Oc1ccc(OC)cc1)C(=O)NCCOc1cccc(OC)c1. The Balaban J connectivity index is 1.77. The zero-order valence-corrected chi connectivity index (χ0v) is 15.4. The van der Waals surface area contributed by atoms with Crippen molar-refractivity contribution in [3.05, 3.63) is 48.5 Å². The van der Waals surface area contributed by atoms with Crippen molar-refractivity contribution >= 4 is 5.91 Å². The van der Waals surface area contributed by atoms with Gasteiger partial charge in [0.1, 0.15) is 29.6 Å². The molecule has 0 aliphatic heterocycles. The standard InChI is InChI=1S/C20H25NO5/c1-4-19(26-16-10-8-15(23-2)9-11-16)20(22)21-12-13-25-18-7-5-6-17(14-18)24-3/h5-11,14,19H,4,12-13H2,1-3H3,(H,21,22)/t19-/m0/s1. The van der Waals surface area contributed by atoms with Gasteiger partial charge in [0.2, 0.25) is 0 Å². The van der Waals surface area contributed by atoms with Crippen LogP contribution in [0.1, 0.15) is 13.3 Å². The van der Waals surface area contributed by atoms with Crippen LogP contribution in [-0.4, -0.2) is 39.4 Å². The Bertz CT molecular complexity index is 687. The highest BCUT2D eigenvalue weighted by atomic mass is 16.5. The van der Waals surface area contributed by atoms with Crippen LogP contribution in [0, 0.1) is 0 Å². The summed E-state index contributed by atoms with van der Waals surface area (Å²) in [5.41, 5.74) is 0. The first kappa shape index (κ1) is 19.4. The van der Waals surface area contributed by atoms with Crippen LogP contribution in [0.4, 0.5) is 0 Å². The lowest BCUT2D eigenvalue weighted by Gasteiger charge is -2.17. The number of hydrogen-bond acceptors (Lipinski definition) is 5. The van der Waals surface area contributed by atoms with E-state index in [1.54, 1.807) is 44.6 Å². The maximum absolute atomic E-state index is 12.3. The average molecular weight is 359 g/mol. The zero-order chi connectivity index (χ0) is 18.8. The molecule has 0 aliphatic rings. The zero-order valence-electron chi connectivity index (χ0n) is 15.4. The van der Waals surface area contributed by atoms with Crippen molar-refractivity contribution in [1.29, 1.82) is 0 Å². The molecule has 26 heavy (non-hydrogen) atoms. The molecule has 1 amide bonds. The maximum atomic E-state index is 12.3. The van der Waals surface area contributed by atoms with Gasteiger partial charge in [-0.25, -0.2) is 0 Å². The second-order valence-corrected chi connectivity index (χ2v) is 5.51. The largest absolute Gasteiger partial charge is 0.497 e. The quantitative estimate of drug-likeness (QED) is 0.661. The summed E-state index contributed by atoms with van der Waals surface area (Å²) in [6.07, 6.45) is 0.00873. The van der Waals surface area contributed by atoms with Gasteiger partial charge in [0, 0.05) is 6.07 Å². The van der Waals surface area contributed by atoms with Gasteiger partial charge < -0.3 is 24.3 Å². The summed E-state index contributed by atoms with van der Waals surface area (Å²) < 4.78 is 21.6. The predicted molar refractivity (Wildman–Crippen MR) is 99.2 cm³/mol. The third-order valence-electron chi connectivity index (χ3n) is 3.71. The highest BCUT2D eigenvalue weighted by Gasteiger charge is 2.17. The van der Waals surface area contributed by atoms with Gasteiger partial charge >= 0.3 is 0 Å². The Morgan fingerprint density at radius 1 is 0.962 bits per heavy atom. The lowest BCUT2D eigenvalue weighted by molar-refractivity contribution is -0.128. The summed E-state index contributed by atoms with van der Waals surface area (Å²) in [5.74, 6) is 2.62. The van der Waals surface area contributed by atoms with Gasteiger partial charge in [0.25, 0.3) is 5.91 Å². The van der Waals surface area contributed by atoms with E-state index in [2.05, 4.69) is 5.32 Å². The van der Waals surface area contributed by atoms with Crippen molar-refractivity contribution in [1.82, 2.24) is 5.32 Å². The summed E-state index contributed by atoms with van der Waals surface area (Å²) >= 11 is 0. The highest BCUT2D eigenvalue weighted by molar-refractivity contribution is 5.81. The number of carbonyl (C=O) groups is 1. The minimum Gasteiger partial charge on any atom is -0.497 e. The molecule has 6 nitrogen and oxygen atoms in total. The summed E-state index contributed by atoms with van der Waals surface area (Å²) in [4.78, 5) is 12.3. The van der Waals surface area contributed by atoms with Gasteiger partial charge in [-0.15, -0.1) is 0 Å². The van der Waals surface area contributed by atoms with Gasteiger partial charge in [0.15, 0.2) is 6.10 Å². The van der Waals surface area contributed by atoms with Crippen LogP contribution in [-0.2, 0) is 4.79 Å². The van der Waals surface area contributed by atoms with Crippen molar-refractivity contribution < 1.29 is 23.7 Å². The number of ether oxygens (including phenoxy) is 4. The van der Waals surface area contributed by atoms with Crippen LogP contribution in [0.2, 0.25) is 0 Å². The van der Waals surface area contributed by atoms with Gasteiger partial charge in [0.05, 0.1) is 20.8 Å². The molecule has 2 aromatic carbocycles. The first-order chi connectivity index (χ1) is 12.7. The van der Waals surface area contributed by atoms with E-state index < -0.39 is 6.10 Å². The molecule has 0 aromatic heterocycles. The van der Waals surface area contributed by atoms with Crippen LogP contribution in [0.3, 0.4) is 0 Å². The summed E-state index contributed by atoms with van der Waals surface area (Å²) in [6.45, 7) is 2.65. The van der Waals surface area contributed by atoms with E-state index in [4.69, 9.17) is 18.9 Å². The molecular formula is C20H25NO5. The minimum atomic E-state index is -0.555. The first-order valence-electron chi connectivity index (χ1n) is 8.51. The highest BCUT2D eigenvalue weighted by Crippen LogP contribution is 2.19. The fourth-order valence-corrected chi connectivity index (χ4v) is 2.29. The second-order valence-electron chi connectivity index (χ2n) is 5.51. The van der Waals surface area contributed by atoms with E-state index in [1.165, 1.54) is 0 Å². The molecule has 6 heteroatoms. The van der Waals surface area contributed by atoms with Gasteiger partial charge in [-0.3, -0.25) is 4.79 Å². The number of benzene rings is 2. The minimum absolute atomic E-state index is 0.169. The van der Waals surface area contributed by atoms with Crippen molar-refractivity contribution in [2.45, 2.75) is 19.4 Å². The van der Waals surface area contributed by atoms with E-state index in [9.17, 15) is 4.79 Å². The van der Waals surface area contributed by atoms with E-state index in [0.29, 0.717) is 31.1 Å². The topological polar surface area (TPSA) is 66.0 Å². The predicted octanol–water partition coefficient (Wildman–Crippen LogP) is 3.06. The molecule has 1 atom stereocenters. The monoisotopic (exact) mass is 359 g/mol. The van der Waals surface area contributed by atoms with E-state index in [-0.39, 0.29) is 5.91 Å².